The molecule has 4 nitrogen and oxygen atoms in total. The molecule has 1 unspecified atom stereocenters. The number of hydrogen-bond donors (Lipinski definition) is 2. The van der Waals surface area contributed by atoms with E-state index in [0.29, 0.717) is 28.2 Å². The molecule has 1 aromatic rings. The van der Waals surface area contributed by atoms with Crippen molar-refractivity contribution in [1.82, 2.24) is 5.32 Å². The normalized spacial score (nSPS) is 16.2. The molecule has 0 heterocycles. The van der Waals surface area contributed by atoms with Crippen LogP contribution in [0.5, 0.6) is 5.75 Å². The zero-order valence-electron chi connectivity index (χ0n) is 10.1. The van der Waals surface area contributed by atoms with Crippen LogP contribution in [-0.4, -0.2) is 30.8 Å². The van der Waals surface area contributed by atoms with Gasteiger partial charge in [0.15, 0.2) is 0 Å². The third-order valence-corrected chi connectivity index (χ3v) is 3.75. The smallest absolute Gasteiger partial charge is 0.252 e. The molecule has 0 bridgehead atoms. The van der Waals surface area contributed by atoms with E-state index < -0.39 is 6.10 Å². The molecule has 2 N–H and O–H groups in total. The molecule has 98 valence electrons. The van der Waals surface area contributed by atoms with Crippen LogP contribution in [0.1, 0.15) is 23.2 Å². The van der Waals surface area contributed by atoms with Crippen LogP contribution < -0.4 is 10.1 Å². The second kappa shape index (κ2) is 5.71. The minimum Gasteiger partial charge on any atom is -0.497 e. The number of carbonyl (C=O) groups excluding carboxylic acids is 1. The van der Waals surface area contributed by atoms with Crippen LogP contribution in [0.25, 0.3) is 0 Å². The lowest BCUT2D eigenvalue weighted by Gasteiger charge is -2.12. The molecule has 18 heavy (non-hydrogen) atoms. The van der Waals surface area contributed by atoms with Crippen molar-refractivity contribution in [3.63, 3.8) is 0 Å². The molecule has 0 spiro atoms. The van der Waals surface area contributed by atoms with Gasteiger partial charge in [0, 0.05) is 11.0 Å². The topological polar surface area (TPSA) is 58.6 Å². The maximum Gasteiger partial charge on any atom is 0.252 e. The van der Waals surface area contributed by atoms with Crippen LogP contribution in [0.4, 0.5) is 0 Å². The molecule has 1 amide bonds. The maximum atomic E-state index is 12.0. The number of nitrogens with one attached hydrogen (secondary N) is 1. The quantitative estimate of drug-likeness (QED) is 0.873. The van der Waals surface area contributed by atoms with Gasteiger partial charge in [-0.3, -0.25) is 4.79 Å². The summed E-state index contributed by atoms with van der Waals surface area (Å²) in [7, 11) is 1.56. The Morgan fingerprint density at radius 3 is 2.94 bits per heavy atom. The molecule has 1 aliphatic rings. The van der Waals surface area contributed by atoms with E-state index in [-0.39, 0.29) is 5.91 Å². The molecule has 1 atom stereocenters. The van der Waals surface area contributed by atoms with Crippen molar-refractivity contribution in [3.8, 4) is 5.75 Å². The summed E-state index contributed by atoms with van der Waals surface area (Å²) in [5.41, 5.74) is 0.511. The largest absolute Gasteiger partial charge is 0.497 e. The minimum atomic E-state index is -0.432. The fourth-order valence-corrected chi connectivity index (χ4v) is 2.17. The average molecular weight is 314 g/mol. The van der Waals surface area contributed by atoms with E-state index >= 15 is 0 Å². The number of halogens is 1. The molecule has 0 aromatic heterocycles. The lowest BCUT2D eigenvalue weighted by atomic mass is 10.2. The standard InChI is InChI=1S/C13H16BrNO3/c1-18-9-4-5-11(14)10(6-9)13(17)15-7-12(16)8-2-3-8/h4-6,8,12,16H,2-3,7H2,1H3,(H,15,17). The fourth-order valence-electron chi connectivity index (χ4n) is 1.75. The van der Waals surface area contributed by atoms with Crippen molar-refractivity contribution in [2.45, 2.75) is 18.9 Å². The van der Waals surface area contributed by atoms with Gasteiger partial charge in [-0.15, -0.1) is 0 Å². The number of amides is 1. The van der Waals surface area contributed by atoms with Crippen molar-refractivity contribution < 1.29 is 14.6 Å². The van der Waals surface area contributed by atoms with Gasteiger partial charge in [-0.25, -0.2) is 0 Å². The molecular weight excluding hydrogens is 298 g/mol. The summed E-state index contributed by atoms with van der Waals surface area (Å²) >= 11 is 3.33. The van der Waals surface area contributed by atoms with Gasteiger partial charge in [-0.1, -0.05) is 0 Å². The van der Waals surface area contributed by atoms with Crippen molar-refractivity contribution >= 4 is 21.8 Å². The molecule has 1 saturated carbocycles. The van der Waals surface area contributed by atoms with Gasteiger partial charge < -0.3 is 15.2 Å². The van der Waals surface area contributed by atoms with Gasteiger partial charge in [-0.2, -0.15) is 0 Å². The van der Waals surface area contributed by atoms with Crippen molar-refractivity contribution in [1.29, 1.82) is 0 Å². The number of aliphatic hydroxyl groups excluding tert-OH is 1. The number of ether oxygens (including phenoxy) is 1. The highest BCUT2D eigenvalue weighted by atomic mass is 79.9. The Kier molecular flexibility index (Phi) is 4.24. The Bertz CT molecular complexity index is 446. The van der Waals surface area contributed by atoms with Crippen LogP contribution in [0, 0.1) is 5.92 Å². The number of carbonyl (C=O) groups is 1. The lowest BCUT2D eigenvalue weighted by Crippen LogP contribution is -2.33. The summed E-state index contributed by atoms with van der Waals surface area (Å²) in [6, 6.07) is 5.22. The fraction of sp³-hybridized carbons (Fsp3) is 0.462. The first-order chi connectivity index (χ1) is 8.61. The highest BCUT2D eigenvalue weighted by Gasteiger charge is 2.29. The van der Waals surface area contributed by atoms with Crippen LogP contribution >= 0.6 is 15.9 Å². The monoisotopic (exact) mass is 313 g/mol. The van der Waals surface area contributed by atoms with Crippen LogP contribution in [0.3, 0.4) is 0 Å². The van der Waals surface area contributed by atoms with Gasteiger partial charge >= 0.3 is 0 Å². The van der Waals surface area contributed by atoms with E-state index in [2.05, 4.69) is 21.2 Å². The average Bonchev–Trinajstić information content (AvgIpc) is 3.20. The highest BCUT2D eigenvalue weighted by Crippen LogP contribution is 2.32. The van der Waals surface area contributed by atoms with E-state index in [1.165, 1.54) is 0 Å². The number of methoxy groups -OCH3 is 1. The highest BCUT2D eigenvalue weighted by molar-refractivity contribution is 9.10. The Balaban J connectivity index is 1.98. The Hall–Kier alpha value is -1.07. The van der Waals surface area contributed by atoms with E-state index in [9.17, 15) is 9.90 Å². The Morgan fingerprint density at radius 2 is 2.33 bits per heavy atom. The molecule has 5 heteroatoms. The third kappa shape index (κ3) is 3.23. The van der Waals surface area contributed by atoms with E-state index in [1.807, 2.05) is 0 Å². The summed E-state index contributed by atoms with van der Waals surface area (Å²) in [6.07, 6.45) is 1.68. The van der Waals surface area contributed by atoms with Crippen LogP contribution in [-0.2, 0) is 0 Å². The Morgan fingerprint density at radius 1 is 1.61 bits per heavy atom. The zero-order valence-corrected chi connectivity index (χ0v) is 11.7. The molecule has 0 aliphatic heterocycles. The number of benzene rings is 1. The van der Waals surface area contributed by atoms with Crippen molar-refractivity contribution in [3.05, 3.63) is 28.2 Å². The second-order valence-corrected chi connectivity index (χ2v) is 5.31. The van der Waals surface area contributed by atoms with Gasteiger partial charge in [0.2, 0.25) is 0 Å². The minimum absolute atomic E-state index is 0.208. The number of hydrogen-bond acceptors (Lipinski definition) is 3. The molecule has 2 rings (SSSR count). The first-order valence-corrected chi connectivity index (χ1v) is 6.71. The summed E-state index contributed by atoms with van der Waals surface area (Å²) in [5.74, 6) is 0.783. The first kappa shape index (κ1) is 13.4. The van der Waals surface area contributed by atoms with E-state index in [0.717, 1.165) is 12.8 Å². The first-order valence-electron chi connectivity index (χ1n) is 5.91. The predicted octanol–water partition coefficient (Wildman–Crippen LogP) is 1.96. The van der Waals surface area contributed by atoms with Crippen molar-refractivity contribution in [2.75, 3.05) is 13.7 Å². The van der Waals surface area contributed by atoms with Gasteiger partial charge in [0.25, 0.3) is 5.91 Å². The number of aliphatic hydroxyl groups is 1. The van der Waals surface area contributed by atoms with Gasteiger partial charge in [0.1, 0.15) is 5.75 Å². The van der Waals surface area contributed by atoms with Gasteiger partial charge in [0.05, 0.1) is 18.8 Å². The van der Waals surface area contributed by atoms with E-state index in [1.54, 1.807) is 25.3 Å². The molecule has 1 fully saturated rings. The molecule has 1 aliphatic carbocycles. The van der Waals surface area contributed by atoms with E-state index in [4.69, 9.17) is 4.74 Å². The number of rotatable bonds is 5. The second-order valence-electron chi connectivity index (χ2n) is 4.46. The predicted molar refractivity (Wildman–Crippen MR) is 71.8 cm³/mol. The molecule has 0 saturated heterocycles. The third-order valence-electron chi connectivity index (χ3n) is 3.06. The zero-order chi connectivity index (χ0) is 13.1. The Labute approximate surface area is 114 Å². The molecule has 0 radical (unpaired) electrons. The van der Waals surface area contributed by atoms with Crippen LogP contribution in [0.2, 0.25) is 0 Å². The van der Waals surface area contributed by atoms with Crippen LogP contribution in [0.15, 0.2) is 22.7 Å². The molecular formula is C13H16BrNO3. The summed E-state index contributed by atoms with van der Waals surface area (Å²) in [6.45, 7) is 0.299. The van der Waals surface area contributed by atoms with Crippen molar-refractivity contribution in [2.24, 2.45) is 5.92 Å². The molecule has 1 aromatic carbocycles. The van der Waals surface area contributed by atoms with Gasteiger partial charge in [-0.05, 0) is 52.9 Å². The lowest BCUT2D eigenvalue weighted by molar-refractivity contribution is 0.0900. The summed E-state index contributed by atoms with van der Waals surface area (Å²) in [4.78, 5) is 12.0. The SMILES string of the molecule is COc1ccc(Br)c(C(=O)NCC(O)C2CC2)c1. The summed E-state index contributed by atoms with van der Waals surface area (Å²) in [5, 5.41) is 12.4. The summed E-state index contributed by atoms with van der Waals surface area (Å²) < 4.78 is 5.79. The maximum absolute atomic E-state index is 12.0.